The van der Waals surface area contributed by atoms with Crippen LogP contribution in [0.3, 0.4) is 0 Å². The van der Waals surface area contributed by atoms with Crippen molar-refractivity contribution in [3.8, 4) is 17.0 Å². The van der Waals surface area contributed by atoms with Crippen molar-refractivity contribution in [3.63, 3.8) is 0 Å². The molecule has 8 rings (SSSR count). The molecule has 1 fully saturated rings. The summed E-state index contributed by atoms with van der Waals surface area (Å²) in [5.41, 5.74) is 9.90. The van der Waals surface area contributed by atoms with E-state index in [1.54, 1.807) is 6.07 Å². The highest BCUT2D eigenvalue weighted by Gasteiger charge is 2.44. The number of fused-ring (bicyclic) bond motifs is 7. The lowest BCUT2D eigenvalue weighted by Crippen LogP contribution is -2.34. The molecule has 5 heterocycles. The third-order valence-electron chi connectivity index (χ3n) is 8.63. The molecule has 180 valence electrons. The second-order valence-electron chi connectivity index (χ2n) is 10.4. The van der Waals surface area contributed by atoms with E-state index in [4.69, 9.17) is 4.74 Å². The van der Waals surface area contributed by atoms with Crippen molar-refractivity contribution in [1.29, 1.82) is 0 Å². The molecule has 0 amide bonds. The Morgan fingerprint density at radius 2 is 2.03 bits per heavy atom. The first-order valence-electron chi connectivity index (χ1n) is 12.9. The quantitative estimate of drug-likeness (QED) is 0.611. The Morgan fingerprint density at radius 3 is 2.80 bits per heavy atom. The van der Waals surface area contributed by atoms with Crippen molar-refractivity contribution in [2.75, 3.05) is 0 Å². The molecule has 6 bridgehead atoms. The van der Waals surface area contributed by atoms with Crippen LogP contribution in [-0.2, 0) is 17.7 Å². The molecule has 3 aliphatic carbocycles. The number of pyridine rings is 1. The zero-order valence-electron chi connectivity index (χ0n) is 20.5. The van der Waals surface area contributed by atoms with E-state index < -0.39 is 0 Å². The summed E-state index contributed by atoms with van der Waals surface area (Å²) in [5.74, 6) is 0.278. The van der Waals surface area contributed by atoms with Gasteiger partial charge in [0.15, 0.2) is 5.88 Å². The van der Waals surface area contributed by atoms with Gasteiger partial charge in [0.2, 0.25) is 0 Å². The maximum Gasteiger partial charge on any atom is 0.251 e. The smallest absolute Gasteiger partial charge is 0.251 e. The van der Waals surface area contributed by atoms with Crippen LogP contribution in [0.5, 0.6) is 5.88 Å². The molecule has 2 aromatic rings. The van der Waals surface area contributed by atoms with Crippen molar-refractivity contribution in [1.82, 2.24) is 14.5 Å². The summed E-state index contributed by atoms with van der Waals surface area (Å²) < 4.78 is 9.12. The SMILES string of the molecule is CC=Cc1c(CC)c2c3n1C1CCC(O1)N(C3)C1=C(C3C=C(C=C1)C3)C(C)c1cc(=O)[nH]c(O)c1-2. The molecular formula is C29H31N3O3. The zero-order chi connectivity index (χ0) is 24.0. The number of allylic oxidation sites excluding steroid dienone is 6. The summed E-state index contributed by atoms with van der Waals surface area (Å²) >= 11 is 0. The number of H-pyrrole nitrogens is 1. The molecule has 0 spiro atoms. The van der Waals surface area contributed by atoms with Gasteiger partial charge in [0.1, 0.15) is 12.5 Å². The largest absolute Gasteiger partial charge is 0.494 e. The number of nitrogens with zero attached hydrogens (tertiary/aromatic N) is 2. The Labute approximate surface area is 204 Å². The van der Waals surface area contributed by atoms with E-state index >= 15 is 0 Å². The molecule has 4 unspecified atom stereocenters. The Balaban J connectivity index is 1.64. The first-order valence-corrected chi connectivity index (χ1v) is 12.9. The van der Waals surface area contributed by atoms with E-state index in [-0.39, 0.29) is 29.8 Å². The number of ether oxygens (including phenoxy) is 1. The molecular weight excluding hydrogens is 438 g/mol. The van der Waals surface area contributed by atoms with Gasteiger partial charge in [-0.3, -0.25) is 9.78 Å². The second kappa shape index (κ2) is 7.37. The number of aromatic hydroxyl groups is 1. The van der Waals surface area contributed by atoms with E-state index in [1.807, 2.05) is 6.92 Å². The molecule has 0 radical (unpaired) electrons. The molecule has 1 saturated heterocycles. The summed E-state index contributed by atoms with van der Waals surface area (Å²) in [6.45, 7) is 7.12. The summed E-state index contributed by atoms with van der Waals surface area (Å²) in [7, 11) is 0. The fourth-order valence-electron chi connectivity index (χ4n) is 7.13. The van der Waals surface area contributed by atoms with Crippen LogP contribution >= 0.6 is 0 Å². The highest BCUT2D eigenvalue weighted by atomic mass is 16.5. The topological polar surface area (TPSA) is 70.5 Å². The molecule has 6 heteroatoms. The summed E-state index contributed by atoms with van der Waals surface area (Å²) in [4.78, 5) is 17.9. The van der Waals surface area contributed by atoms with Gasteiger partial charge in [-0.25, -0.2) is 0 Å². The number of rotatable bonds is 2. The number of aromatic nitrogens is 2. The molecule has 4 atom stereocenters. The van der Waals surface area contributed by atoms with E-state index in [1.165, 1.54) is 22.4 Å². The van der Waals surface area contributed by atoms with Crippen LogP contribution in [0.15, 0.2) is 52.0 Å². The Bertz CT molecular complexity index is 1450. The van der Waals surface area contributed by atoms with E-state index in [0.29, 0.717) is 12.5 Å². The van der Waals surface area contributed by atoms with Gasteiger partial charge in [-0.05, 0) is 61.5 Å². The molecule has 2 aromatic heterocycles. The average Bonchev–Trinajstić information content (AvgIpc) is 3.20. The molecule has 0 aromatic carbocycles. The lowest BCUT2D eigenvalue weighted by Gasteiger charge is -2.35. The Hall–Kier alpha value is -3.25. The normalized spacial score (nSPS) is 28.0. The third-order valence-corrected chi connectivity index (χ3v) is 8.63. The van der Waals surface area contributed by atoms with Gasteiger partial charge in [-0.15, -0.1) is 0 Å². The van der Waals surface area contributed by atoms with Crippen molar-refractivity contribution < 1.29 is 9.84 Å². The van der Waals surface area contributed by atoms with Gasteiger partial charge in [-0.2, -0.15) is 0 Å². The zero-order valence-corrected chi connectivity index (χ0v) is 20.5. The minimum Gasteiger partial charge on any atom is -0.494 e. The number of aromatic amines is 1. The minimum absolute atomic E-state index is 0.00914. The lowest BCUT2D eigenvalue weighted by atomic mass is 9.74. The Kier molecular flexibility index (Phi) is 4.44. The van der Waals surface area contributed by atoms with Crippen LogP contribution in [0, 0.1) is 5.92 Å². The molecule has 6 nitrogen and oxygen atoms in total. The lowest BCUT2D eigenvalue weighted by molar-refractivity contribution is -0.0546. The van der Waals surface area contributed by atoms with Gasteiger partial charge < -0.3 is 19.3 Å². The average molecular weight is 470 g/mol. The standard InChI is InChI=1S/C29H31N3O3/c1-4-6-20-18(5-2)27-22-14-31(24-9-10-25(35-24)32(20)22)21-8-7-16-11-17(12-16)26(21)15(3)19-13-23(33)30-29(34)28(19)27/h4,6-8,11,13,15,17,24-25H,5,9-10,12,14H2,1-3H3,(H2,30,33,34). The monoisotopic (exact) mass is 469 g/mol. The third kappa shape index (κ3) is 2.77. The van der Waals surface area contributed by atoms with Crippen molar-refractivity contribution in [2.45, 2.75) is 71.4 Å². The second-order valence-corrected chi connectivity index (χ2v) is 10.4. The van der Waals surface area contributed by atoms with Crippen molar-refractivity contribution in [3.05, 3.63) is 80.1 Å². The van der Waals surface area contributed by atoms with E-state index in [2.05, 4.69) is 58.7 Å². The van der Waals surface area contributed by atoms with Crippen LogP contribution < -0.4 is 5.56 Å². The highest BCUT2D eigenvalue weighted by molar-refractivity contribution is 5.82. The van der Waals surface area contributed by atoms with E-state index in [0.717, 1.165) is 53.8 Å². The fraction of sp³-hybridized carbons (Fsp3) is 0.414. The first-order chi connectivity index (χ1) is 17.0. The molecule has 0 saturated carbocycles. The van der Waals surface area contributed by atoms with Gasteiger partial charge in [-0.1, -0.05) is 37.6 Å². The Morgan fingerprint density at radius 1 is 1.23 bits per heavy atom. The molecule has 2 N–H and O–H groups in total. The minimum atomic E-state index is -0.261. The van der Waals surface area contributed by atoms with Crippen LogP contribution in [0.4, 0.5) is 0 Å². The maximum absolute atomic E-state index is 12.7. The number of nitrogens with one attached hydrogen (secondary N) is 1. The summed E-state index contributed by atoms with van der Waals surface area (Å²) in [6, 6.07) is 1.71. The van der Waals surface area contributed by atoms with Crippen LogP contribution in [0.25, 0.3) is 17.2 Å². The van der Waals surface area contributed by atoms with Gasteiger partial charge >= 0.3 is 0 Å². The summed E-state index contributed by atoms with van der Waals surface area (Å²) in [5, 5.41) is 11.3. The first kappa shape index (κ1) is 21.1. The summed E-state index contributed by atoms with van der Waals surface area (Å²) in [6.07, 6.45) is 14.9. The van der Waals surface area contributed by atoms with Crippen molar-refractivity contribution >= 4 is 6.08 Å². The van der Waals surface area contributed by atoms with Crippen LogP contribution in [-0.4, -0.2) is 25.8 Å². The predicted octanol–water partition coefficient (Wildman–Crippen LogP) is 5.48. The molecule has 35 heavy (non-hydrogen) atoms. The van der Waals surface area contributed by atoms with Gasteiger partial charge in [0, 0.05) is 46.1 Å². The molecule has 6 aliphatic rings. The highest BCUT2D eigenvalue weighted by Crippen LogP contribution is 2.53. The number of hydrogen-bond acceptors (Lipinski definition) is 4. The van der Waals surface area contributed by atoms with Crippen LogP contribution in [0.2, 0.25) is 0 Å². The van der Waals surface area contributed by atoms with Crippen molar-refractivity contribution in [2.24, 2.45) is 5.92 Å². The predicted molar refractivity (Wildman–Crippen MR) is 136 cm³/mol. The van der Waals surface area contributed by atoms with E-state index in [9.17, 15) is 9.90 Å². The van der Waals surface area contributed by atoms with Gasteiger partial charge in [0.25, 0.3) is 5.56 Å². The fourth-order valence-corrected chi connectivity index (χ4v) is 7.13. The maximum atomic E-state index is 12.7. The van der Waals surface area contributed by atoms with Crippen LogP contribution in [0.1, 0.15) is 74.7 Å². The number of hydrogen-bond donors (Lipinski definition) is 2. The molecule has 3 aliphatic heterocycles. The van der Waals surface area contributed by atoms with Gasteiger partial charge in [0.05, 0.1) is 6.54 Å².